The third-order valence-corrected chi connectivity index (χ3v) is 5.24. The first-order chi connectivity index (χ1) is 13.1. The van der Waals surface area contributed by atoms with Crippen molar-refractivity contribution < 1.29 is 4.79 Å². The quantitative estimate of drug-likeness (QED) is 0.527. The number of nitrogens with zero attached hydrogens (tertiary/aromatic N) is 4. The second-order valence-corrected chi connectivity index (χ2v) is 7.17. The Balaban J connectivity index is 1.45. The van der Waals surface area contributed by atoms with Gasteiger partial charge in [0.2, 0.25) is 5.91 Å². The molecule has 2 heterocycles. The Bertz CT molecular complexity index is 1110. The lowest BCUT2D eigenvalue weighted by molar-refractivity contribution is -0.117. The summed E-state index contributed by atoms with van der Waals surface area (Å²) in [5.41, 5.74) is 2.10. The van der Waals surface area contributed by atoms with Crippen LogP contribution < -0.4 is 5.32 Å². The van der Waals surface area contributed by atoms with E-state index in [2.05, 4.69) is 61.8 Å². The van der Waals surface area contributed by atoms with Gasteiger partial charge in [-0.15, -0.1) is 0 Å². The third-order valence-electron chi connectivity index (χ3n) is 4.46. The molecule has 136 valence electrons. The van der Waals surface area contributed by atoms with Gasteiger partial charge in [-0.2, -0.15) is 10.2 Å². The number of hydrogen-bond donors (Lipinski definition) is 1. The fraction of sp³-hybridized carbons (Fsp3) is 0.150. The summed E-state index contributed by atoms with van der Waals surface area (Å²) >= 11 is 3.39. The molecule has 0 saturated carbocycles. The number of aromatic nitrogens is 4. The first-order valence-electron chi connectivity index (χ1n) is 8.58. The van der Waals surface area contributed by atoms with Gasteiger partial charge in [0.25, 0.3) is 0 Å². The Morgan fingerprint density at radius 1 is 1.15 bits per heavy atom. The van der Waals surface area contributed by atoms with E-state index >= 15 is 0 Å². The number of benzene rings is 2. The Labute approximate surface area is 164 Å². The van der Waals surface area contributed by atoms with Gasteiger partial charge in [-0.3, -0.25) is 14.2 Å². The zero-order chi connectivity index (χ0) is 18.8. The van der Waals surface area contributed by atoms with Crippen molar-refractivity contribution in [3.63, 3.8) is 0 Å². The molecular formula is C20H18BrN5O. The predicted octanol–water partition coefficient (Wildman–Crippen LogP) is 3.99. The van der Waals surface area contributed by atoms with E-state index in [4.69, 9.17) is 0 Å². The van der Waals surface area contributed by atoms with Crippen molar-refractivity contribution >= 4 is 38.4 Å². The number of carbonyl (C=O) groups is 1. The number of rotatable bonds is 5. The van der Waals surface area contributed by atoms with E-state index in [0.717, 1.165) is 10.2 Å². The van der Waals surface area contributed by atoms with Crippen molar-refractivity contribution in [1.82, 2.24) is 19.6 Å². The van der Waals surface area contributed by atoms with Crippen molar-refractivity contribution in [2.75, 3.05) is 5.32 Å². The average molecular weight is 424 g/mol. The molecule has 0 fully saturated rings. The Hall–Kier alpha value is -2.93. The van der Waals surface area contributed by atoms with Crippen LogP contribution in [0.4, 0.5) is 5.82 Å². The van der Waals surface area contributed by atoms with Crippen molar-refractivity contribution in [2.45, 2.75) is 20.0 Å². The molecule has 0 bridgehead atoms. The highest BCUT2D eigenvalue weighted by Crippen LogP contribution is 2.19. The van der Waals surface area contributed by atoms with Gasteiger partial charge in [-0.25, -0.2) is 0 Å². The van der Waals surface area contributed by atoms with Crippen LogP contribution in [0.3, 0.4) is 0 Å². The maximum absolute atomic E-state index is 12.2. The summed E-state index contributed by atoms with van der Waals surface area (Å²) in [4.78, 5) is 12.2. The second-order valence-electron chi connectivity index (χ2n) is 6.32. The highest BCUT2D eigenvalue weighted by atomic mass is 79.9. The smallest absolute Gasteiger partial charge is 0.247 e. The number of halogens is 1. The number of amides is 1. The van der Waals surface area contributed by atoms with Gasteiger partial charge in [0.1, 0.15) is 6.54 Å². The minimum atomic E-state index is -0.163. The van der Waals surface area contributed by atoms with Crippen molar-refractivity contribution in [2.24, 2.45) is 0 Å². The molecule has 0 radical (unpaired) electrons. The van der Waals surface area contributed by atoms with Gasteiger partial charge in [-0.05, 0) is 39.2 Å². The zero-order valence-corrected chi connectivity index (χ0v) is 16.3. The molecule has 7 heteroatoms. The summed E-state index contributed by atoms with van der Waals surface area (Å²) in [6.45, 7) is 2.69. The lowest BCUT2D eigenvalue weighted by atomic mass is 10.0. The number of anilines is 1. The summed E-state index contributed by atoms with van der Waals surface area (Å²) in [7, 11) is 0. The summed E-state index contributed by atoms with van der Waals surface area (Å²) in [6.07, 6.45) is 3.55. The Morgan fingerprint density at radius 2 is 1.96 bits per heavy atom. The van der Waals surface area contributed by atoms with E-state index in [-0.39, 0.29) is 12.5 Å². The van der Waals surface area contributed by atoms with Crippen LogP contribution in [-0.4, -0.2) is 25.5 Å². The van der Waals surface area contributed by atoms with Crippen LogP contribution in [0.2, 0.25) is 0 Å². The Kier molecular flexibility index (Phi) is 4.77. The van der Waals surface area contributed by atoms with E-state index in [9.17, 15) is 4.79 Å². The molecule has 0 atom stereocenters. The minimum absolute atomic E-state index is 0.146. The molecular weight excluding hydrogens is 406 g/mol. The van der Waals surface area contributed by atoms with Crippen LogP contribution in [0.25, 0.3) is 10.8 Å². The highest BCUT2D eigenvalue weighted by Gasteiger charge is 2.10. The molecule has 0 unspecified atom stereocenters. The standard InChI is InChI=1S/C20H18BrN5O/c1-14-18(21)11-22-26(14)13-20(27)23-19-9-10-25(24-19)12-16-7-4-6-15-5-2-3-8-17(15)16/h2-11H,12-13H2,1H3,(H,23,24,27). The largest absolute Gasteiger partial charge is 0.308 e. The first kappa shape index (κ1) is 17.5. The van der Waals surface area contributed by atoms with Crippen molar-refractivity contribution in [1.29, 1.82) is 0 Å². The van der Waals surface area contributed by atoms with E-state index in [1.54, 1.807) is 16.9 Å². The second kappa shape index (κ2) is 7.36. The maximum atomic E-state index is 12.2. The zero-order valence-electron chi connectivity index (χ0n) is 14.8. The van der Waals surface area contributed by atoms with Gasteiger partial charge >= 0.3 is 0 Å². The fourth-order valence-electron chi connectivity index (χ4n) is 3.02. The third kappa shape index (κ3) is 3.78. The van der Waals surface area contributed by atoms with Crippen LogP contribution in [0.1, 0.15) is 11.3 Å². The molecule has 27 heavy (non-hydrogen) atoms. The molecule has 1 amide bonds. The highest BCUT2D eigenvalue weighted by molar-refractivity contribution is 9.10. The number of nitrogens with one attached hydrogen (secondary N) is 1. The van der Waals surface area contributed by atoms with Crippen LogP contribution in [-0.2, 0) is 17.9 Å². The number of carbonyl (C=O) groups excluding carboxylic acids is 1. The fourth-order valence-corrected chi connectivity index (χ4v) is 3.32. The lowest BCUT2D eigenvalue weighted by Gasteiger charge is -2.07. The molecule has 2 aromatic heterocycles. The van der Waals surface area contributed by atoms with Crippen molar-refractivity contribution in [3.05, 3.63) is 76.7 Å². The van der Waals surface area contributed by atoms with Crippen LogP contribution >= 0.6 is 15.9 Å². The minimum Gasteiger partial charge on any atom is -0.308 e. The van der Waals surface area contributed by atoms with Gasteiger partial charge in [0.15, 0.2) is 5.82 Å². The monoisotopic (exact) mass is 423 g/mol. The van der Waals surface area contributed by atoms with Gasteiger partial charge in [0, 0.05) is 12.3 Å². The molecule has 6 nitrogen and oxygen atoms in total. The molecule has 0 spiro atoms. The van der Waals surface area contributed by atoms with E-state index in [1.807, 2.05) is 29.9 Å². The topological polar surface area (TPSA) is 64.7 Å². The molecule has 0 saturated heterocycles. The average Bonchev–Trinajstić information content (AvgIpc) is 3.23. The molecule has 0 aliphatic rings. The molecule has 4 rings (SSSR count). The summed E-state index contributed by atoms with van der Waals surface area (Å²) < 4.78 is 4.36. The van der Waals surface area contributed by atoms with Gasteiger partial charge in [-0.1, -0.05) is 42.5 Å². The van der Waals surface area contributed by atoms with Crippen molar-refractivity contribution in [3.8, 4) is 0 Å². The van der Waals surface area contributed by atoms with Gasteiger partial charge in [0.05, 0.1) is 22.9 Å². The summed E-state index contributed by atoms with van der Waals surface area (Å²) in [5, 5.41) is 13.9. The normalized spacial score (nSPS) is 11.0. The van der Waals surface area contributed by atoms with Crippen LogP contribution in [0.15, 0.2) is 65.4 Å². The molecule has 4 aromatic rings. The maximum Gasteiger partial charge on any atom is 0.247 e. The first-order valence-corrected chi connectivity index (χ1v) is 9.37. The molecule has 1 N–H and O–H groups in total. The number of fused-ring (bicyclic) bond motifs is 1. The molecule has 2 aromatic carbocycles. The number of hydrogen-bond acceptors (Lipinski definition) is 3. The predicted molar refractivity (Wildman–Crippen MR) is 109 cm³/mol. The van der Waals surface area contributed by atoms with Gasteiger partial charge < -0.3 is 5.32 Å². The SMILES string of the molecule is Cc1c(Br)cnn1CC(=O)Nc1ccn(Cc2cccc3ccccc23)n1. The summed E-state index contributed by atoms with van der Waals surface area (Å²) in [5.74, 6) is 0.369. The van der Waals surface area contributed by atoms with E-state index in [0.29, 0.717) is 12.4 Å². The lowest BCUT2D eigenvalue weighted by Crippen LogP contribution is -2.20. The van der Waals surface area contributed by atoms with Crippen LogP contribution in [0, 0.1) is 6.92 Å². The Morgan fingerprint density at radius 3 is 2.78 bits per heavy atom. The van der Waals surface area contributed by atoms with E-state index in [1.165, 1.54) is 16.3 Å². The van der Waals surface area contributed by atoms with E-state index < -0.39 is 0 Å². The van der Waals surface area contributed by atoms with Crippen LogP contribution in [0.5, 0.6) is 0 Å². The molecule has 0 aliphatic heterocycles. The molecule has 0 aliphatic carbocycles. The summed E-state index contributed by atoms with van der Waals surface area (Å²) in [6, 6.07) is 16.3.